The van der Waals surface area contributed by atoms with Crippen molar-refractivity contribution in [1.29, 1.82) is 0 Å². The molecule has 2 aromatic rings. The number of benzene rings is 2. The maximum Gasteiger partial charge on any atom is 0.306 e. The van der Waals surface area contributed by atoms with E-state index in [0.29, 0.717) is 32.5 Å². The van der Waals surface area contributed by atoms with E-state index in [-0.39, 0.29) is 23.8 Å². The van der Waals surface area contributed by atoms with Crippen LogP contribution in [0, 0.1) is 11.8 Å². The number of ether oxygens (including phenoxy) is 1. The van der Waals surface area contributed by atoms with Crippen molar-refractivity contribution in [3.05, 3.63) is 60.2 Å². The Morgan fingerprint density at radius 1 is 0.900 bits per heavy atom. The van der Waals surface area contributed by atoms with E-state index >= 15 is 0 Å². The van der Waals surface area contributed by atoms with E-state index in [2.05, 4.69) is 24.3 Å². The second-order valence-electron chi connectivity index (χ2n) is 8.40. The third kappa shape index (κ3) is 4.73. The summed E-state index contributed by atoms with van der Waals surface area (Å²) in [5.74, 6) is -0.874. The summed E-state index contributed by atoms with van der Waals surface area (Å²) in [5.41, 5.74) is 3.53. The molecule has 0 radical (unpaired) electrons. The van der Waals surface area contributed by atoms with Crippen LogP contribution in [0.15, 0.2) is 54.6 Å². The number of carbonyl (C=O) groups is 2. The Morgan fingerprint density at radius 2 is 1.60 bits per heavy atom. The number of likely N-dealkylation sites (tertiary alicyclic amines) is 1. The van der Waals surface area contributed by atoms with Crippen LogP contribution in [0.1, 0.15) is 37.7 Å². The molecule has 2 aliphatic rings. The van der Waals surface area contributed by atoms with E-state index in [4.69, 9.17) is 9.84 Å². The predicted octanol–water partition coefficient (Wildman–Crippen LogP) is 4.36. The maximum atomic E-state index is 12.9. The van der Waals surface area contributed by atoms with Crippen molar-refractivity contribution in [2.75, 3.05) is 13.1 Å². The summed E-state index contributed by atoms with van der Waals surface area (Å²) in [7, 11) is 0. The Hall–Kier alpha value is -2.66. The second kappa shape index (κ2) is 9.43. The van der Waals surface area contributed by atoms with E-state index < -0.39 is 5.97 Å². The molecular formula is C25H29NO4. The molecule has 2 fully saturated rings. The van der Waals surface area contributed by atoms with Crippen LogP contribution in [0.25, 0.3) is 11.1 Å². The van der Waals surface area contributed by atoms with Crippen molar-refractivity contribution in [2.45, 2.75) is 44.8 Å². The van der Waals surface area contributed by atoms with Crippen LogP contribution in [-0.2, 0) is 20.9 Å². The van der Waals surface area contributed by atoms with Gasteiger partial charge in [0.25, 0.3) is 0 Å². The lowest BCUT2D eigenvalue weighted by Crippen LogP contribution is -2.42. The van der Waals surface area contributed by atoms with Crippen LogP contribution in [0.3, 0.4) is 0 Å². The number of aliphatic carboxylic acids is 1. The zero-order valence-corrected chi connectivity index (χ0v) is 17.2. The fourth-order valence-corrected chi connectivity index (χ4v) is 4.67. The first-order valence-corrected chi connectivity index (χ1v) is 10.9. The average molecular weight is 408 g/mol. The molecule has 1 aliphatic carbocycles. The van der Waals surface area contributed by atoms with Crippen molar-refractivity contribution in [3.63, 3.8) is 0 Å². The minimum Gasteiger partial charge on any atom is -0.481 e. The highest BCUT2D eigenvalue weighted by molar-refractivity contribution is 5.79. The fraction of sp³-hybridized carbons (Fsp3) is 0.440. The van der Waals surface area contributed by atoms with Gasteiger partial charge in [0.1, 0.15) is 0 Å². The summed E-state index contributed by atoms with van der Waals surface area (Å²) >= 11 is 0. The third-order valence-corrected chi connectivity index (χ3v) is 6.47. The van der Waals surface area contributed by atoms with Gasteiger partial charge in [-0.1, -0.05) is 54.6 Å². The van der Waals surface area contributed by atoms with Gasteiger partial charge in [0, 0.05) is 19.0 Å². The molecule has 0 bridgehead atoms. The largest absolute Gasteiger partial charge is 0.481 e. The lowest BCUT2D eigenvalue weighted by Gasteiger charge is -2.32. The van der Waals surface area contributed by atoms with E-state index in [0.717, 1.165) is 24.8 Å². The van der Waals surface area contributed by atoms with Crippen LogP contribution in [0.4, 0.5) is 0 Å². The molecule has 4 rings (SSSR count). The molecule has 1 heterocycles. The molecule has 30 heavy (non-hydrogen) atoms. The van der Waals surface area contributed by atoms with Crippen LogP contribution < -0.4 is 0 Å². The molecule has 1 aliphatic heterocycles. The van der Waals surface area contributed by atoms with Gasteiger partial charge in [0.15, 0.2) is 0 Å². The van der Waals surface area contributed by atoms with Crippen molar-refractivity contribution in [2.24, 2.45) is 11.8 Å². The van der Waals surface area contributed by atoms with Crippen LogP contribution in [0.5, 0.6) is 0 Å². The summed E-state index contributed by atoms with van der Waals surface area (Å²) in [6.45, 7) is 1.66. The Labute approximate surface area is 177 Å². The number of hydrogen-bond acceptors (Lipinski definition) is 3. The molecular weight excluding hydrogens is 378 g/mol. The SMILES string of the molecule is O=C(O)C1CCN(C(=O)[C@H]2CCC(OCc3ccccc3-c3ccccc3)C2)CC1. The van der Waals surface area contributed by atoms with Gasteiger partial charge in [0.05, 0.1) is 18.6 Å². The van der Waals surface area contributed by atoms with Gasteiger partial charge in [-0.05, 0) is 48.8 Å². The van der Waals surface area contributed by atoms with Crippen LogP contribution in [0.2, 0.25) is 0 Å². The second-order valence-corrected chi connectivity index (χ2v) is 8.40. The molecule has 1 amide bonds. The number of piperidine rings is 1. The molecule has 0 aromatic heterocycles. The van der Waals surface area contributed by atoms with Crippen molar-refractivity contribution in [1.82, 2.24) is 4.90 Å². The summed E-state index contributed by atoms with van der Waals surface area (Å²) in [6.07, 6.45) is 3.72. The fourth-order valence-electron chi connectivity index (χ4n) is 4.67. The lowest BCUT2D eigenvalue weighted by molar-refractivity contribution is -0.146. The van der Waals surface area contributed by atoms with E-state index in [9.17, 15) is 9.59 Å². The summed E-state index contributed by atoms with van der Waals surface area (Å²) in [4.78, 5) is 25.8. The number of amides is 1. The number of hydrogen-bond donors (Lipinski definition) is 1. The van der Waals surface area contributed by atoms with Gasteiger partial charge in [-0.15, -0.1) is 0 Å². The Bertz CT molecular complexity index is 874. The third-order valence-electron chi connectivity index (χ3n) is 6.47. The first-order valence-electron chi connectivity index (χ1n) is 10.9. The molecule has 158 valence electrons. The Morgan fingerprint density at radius 3 is 2.33 bits per heavy atom. The Kier molecular flexibility index (Phi) is 6.48. The molecule has 1 N–H and O–H groups in total. The summed E-state index contributed by atoms with van der Waals surface area (Å²) in [6, 6.07) is 18.6. The predicted molar refractivity (Wildman–Crippen MR) is 115 cm³/mol. The molecule has 1 saturated carbocycles. The maximum absolute atomic E-state index is 12.9. The highest BCUT2D eigenvalue weighted by atomic mass is 16.5. The zero-order chi connectivity index (χ0) is 20.9. The van der Waals surface area contributed by atoms with Gasteiger partial charge in [-0.2, -0.15) is 0 Å². The van der Waals surface area contributed by atoms with E-state index in [1.54, 1.807) is 0 Å². The number of rotatable bonds is 6. The van der Waals surface area contributed by atoms with Crippen molar-refractivity contribution < 1.29 is 19.4 Å². The Balaban J connectivity index is 1.30. The number of nitrogens with zero attached hydrogens (tertiary/aromatic N) is 1. The van der Waals surface area contributed by atoms with Crippen molar-refractivity contribution >= 4 is 11.9 Å². The first kappa shape index (κ1) is 20.6. The van der Waals surface area contributed by atoms with E-state index in [1.807, 2.05) is 35.2 Å². The highest BCUT2D eigenvalue weighted by Crippen LogP contribution is 2.32. The van der Waals surface area contributed by atoms with Gasteiger partial charge in [-0.25, -0.2) is 0 Å². The molecule has 1 unspecified atom stereocenters. The van der Waals surface area contributed by atoms with E-state index in [1.165, 1.54) is 11.1 Å². The zero-order valence-electron chi connectivity index (χ0n) is 17.2. The summed E-state index contributed by atoms with van der Waals surface area (Å²) < 4.78 is 6.22. The normalized spacial score (nSPS) is 22.2. The van der Waals surface area contributed by atoms with Gasteiger partial charge in [0.2, 0.25) is 5.91 Å². The summed E-state index contributed by atoms with van der Waals surface area (Å²) in [5, 5.41) is 9.13. The first-order chi connectivity index (χ1) is 14.6. The smallest absolute Gasteiger partial charge is 0.306 e. The number of carboxylic acids is 1. The van der Waals surface area contributed by atoms with Crippen LogP contribution >= 0.6 is 0 Å². The minimum atomic E-state index is -0.743. The molecule has 0 spiro atoms. The monoisotopic (exact) mass is 407 g/mol. The highest BCUT2D eigenvalue weighted by Gasteiger charge is 2.35. The molecule has 1 saturated heterocycles. The van der Waals surface area contributed by atoms with Gasteiger partial charge in [-0.3, -0.25) is 9.59 Å². The molecule has 5 nitrogen and oxygen atoms in total. The number of carboxylic acid groups (broad SMARTS) is 1. The van der Waals surface area contributed by atoms with Gasteiger partial charge < -0.3 is 14.7 Å². The molecule has 5 heteroatoms. The van der Waals surface area contributed by atoms with Gasteiger partial charge >= 0.3 is 5.97 Å². The lowest BCUT2D eigenvalue weighted by atomic mass is 9.95. The topological polar surface area (TPSA) is 66.8 Å². The van der Waals surface area contributed by atoms with Crippen LogP contribution in [-0.4, -0.2) is 41.1 Å². The quantitative estimate of drug-likeness (QED) is 0.773. The minimum absolute atomic E-state index is 0.000690. The van der Waals surface area contributed by atoms with Crippen molar-refractivity contribution in [3.8, 4) is 11.1 Å². The molecule has 2 aromatic carbocycles. The molecule has 2 atom stereocenters. The standard InChI is InChI=1S/C25H29NO4/c27-24(26-14-12-19(13-15-26)25(28)29)20-10-11-22(16-20)30-17-21-8-4-5-9-23(21)18-6-2-1-3-7-18/h1-9,19-20,22H,10-17H2,(H,28,29)/t20-,22?/m0/s1. The average Bonchev–Trinajstić information content (AvgIpc) is 3.27. The number of carbonyl (C=O) groups excluding carboxylic acids is 1.